The molecule has 2 nitrogen and oxygen atoms in total. The smallest absolute Gasteiger partial charge is 0.176 e. The first-order chi connectivity index (χ1) is 11.9. The Kier molecular flexibility index (Phi) is 4.03. The fraction of sp³-hybridized carbons (Fsp3) is 0.0909. The van der Waals surface area contributed by atoms with Gasteiger partial charge in [0.25, 0.3) is 0 Å². The number of aromatic nitrogens is 2. The first-order valence-corrected chi connectivity index (χ1v) is 8.29. The van der Waals surface area contributed by atoms with Gasteiger partial charge in [0.05, 0.1) is 0 Å². The summed E-state index contributed by atoms with van der Waals surface area (Å²) in [4.78, 5) is 0. The molecule has 0 aliphatic heterocycles. The van der Waals surface area contributed by atoms with Crippen molar-refractivity contribution in [1.29, 1.82) is 0 Å². The Hall–Kier alpha value is -3.00. The third kappa shape index (κ3) is 3.18. The van der Waals surface area contributed by atoms with Gasteiger partial charge < -0.3 is 0 Å². The molecule has 0 fully saturated rings. The number of rotatable bonds is 4. The highest BCUT2D eigenvalue weighted by molar-refractivity contribution is 5.80. The third-order valence-electron chi connectivity index (χ3n) is 4.29. The normalized spacial score (nSPS) is 11.5. The number of benzene rings is 2. The van der Waals surface area contributed by atoms with Gasteiger partial charge in [0, 0.05) is 22.9 Å². The maximum Gasteiger partial charge on any atom is 0.176 e. The molecule has 4 rings (SSSR count). The monoisotopic (exact) mass is 312 g/mol. The highest BCUT2D eigenvalue weighted by Crippen LogP contribution is 2.10. The van der Waals surface area contributed by atoms with Crippen molar-refractivity contribution < 1.29 is 9.13 Å². The Labute approximate surface area is 141 Å². The summed E-state index contributed by atoms with van der Waals surface area (Å²) in [5.74, 6) is 0. The van der Waals surface area contributed by atoms with E-state index in [4.69, 9.17) is 0 Å². The lowest BCUT2D eigenvalue weighted by Gasteiger charge is -1.97. The van der Waals surface area contributed by atoms with Crippen LogP contribution in [-0.2, 0) is 13.1 Å². The van der Waals surface area contributed by atoms with Crippen LogP contribution in [0.5, 0.6) is 0 Å². The van der Waals surface area contributed by atoms with Gasteiger partial charge in [0.1, 0.15) is 0 Å². The van der Waals surface area contributed by atoms with E-state index in [2.05, 4.69) is 107 Å². The van der Waals surface area contributed by atoms with Crippen molar-refractivity contribution in [3.63, 3.8) is 0 Å². The molecule has 0 amide bonds. The molecule has 2 aromatic heterocycles. The lowest BCUT2D eigenvalue weighted by atomic mass is 10.2. The van der Waals surface area contributed by atoms with Gasteiger partial charge in [-0.05, 0) is 35.1 Å². The Balaban J connectivity index is 1.44. The van der Waals surface area contributed by atoms with E-state index in [1.165, 1.54) is 21.5 Å². The summed E-state index contributed by atoms with van der Waals surface area (Å²) < 4.78 is 4.42. The molecule has 0 aliphatic carbocycles. The van der Waals surface area contributed by atoms with Crippen molar-refractivity contribution in [2.75, 3.05) is 0 Å². The van der Waals surface area contributed by atoms with Crippen molar-refractivity contribution in [1.82, 2.24) is 0 Å². The maximum absolute atomic E-state index is 2.22. The zero-order valence-electron chi connectivity index (χ0n) is 13.5. The molecule has 24 heavy (non-hydrogen) atoms. The third-order valence-corrected chi connectivity index (χ3v) is 4.29. The van der Waals surface area contributed by atoms with Crippen LogP contribution in [0.1, 0.15) is 0 Å². The van der Waals surface area contributed by atoms with E-state index in [1.54, 1.807) is 0 Å². The van der Waals surface area contributed by atoms with Gasteiger partial charge in [-0.15, -0.1) is 0 Å². The van der Waals surface area contributed by atoms with Crippen molar-refractivity contribution in [2.45, 2.75) is 13.1 Å². The minimum absolute atomic E-state index is 0.888. The number of allylic oxidation sites excluding steroid dienone is 2. The van der Waals surface area contributed by atoms with E-state index in [-0.39, 0.29) is 0 Å². The number of fused-ring (bicyclic) bond motifs is 2. The Morgan fingerprint density at radius 3 is 1.42 bits per heavy atom. The second kappa shape index (κ2) is 6.63. The number of hydrogen-bond donors (Lipinski definition) is 0. The topological polar surface area (TPSA) is 7.76 Å². The summed E-state index contributed by atoms with van der Waals surface area (Å²) in [7, 11) is 0. The van der Waals surface area contributed by atoms with Gasteiger partial charge in [0.15, 0.2) is 37.9 Å². The molecule has 4 aromatic rings. The number of pyridine rings is 2. The van der Waals surface area contributed by atoms with Crippen LogP contribution in [0, 0.1) is 0 Å². The molecule has 116 valence electrons. The summed E-state index contributed by atoms with van der Waals surface area (Å²) in [6, 6.07) is 21.2. The van der Waals surface area contributed by atoms with E-state index in [0.29, 0.717) is 0 Å². The minimum atomic E-state index is 0.888. The van der Waals surface area contributed by atoms with Gasteiger partial charge in [-0.2, -0.15) is 0 Å². The highest BCUT2D eigenvalue weighted by atomic mass is 14.9. The van der Waals surface area contributed by atoms with E-state index in [9.17, 15) is 0 Å². The van der Waals surface area contributed by atoms with Gasteiger partial charge >= 0.3 is 0 Å². The first kappa shape index (κ1) is 14.6. The molecule has 2 aromatic carbocycles. The standard InChI is InChI=1S/C22H20N2/c1-3-9-21-17-23(15-11-19(21)7-1)13-5-6-14-24-16-12-20-8-2-4-10-22(20)18-24/h1-12,15-18H,13-14H2/q+2/b6-5+. The lowest BCUT2D eigenvalue weighted by Crippen LogP contribution is -2.33. The van der Waals surface area contributed by atoms with Crippen LogP contribution in [0.4, 0.5) is 0 Å². The predicted octanol–water partition coefficient (Wildman–Crippen LogP) is 3.82. The summed E-state index contributed by atoms with van der Waals surface area (Å²) in [6.45, 7) is 1.78. The molecule has 0 bridgehead atoms. The van der Waals surface area contributed by atoms with E-state index >= 15 is 0 Å². The minimum Gasteiger partial charge on any atom is -0.201 e. The Morgan fingerprint density at radius 1 is 0.542 bits per heavy atom. The number of hydrogen-bond acceptors (Lipinski definition) is 0. The van der Waals surface area contributed by atoms with Gasteiger partial charge in [0.2, 0.25) is 0 Å². The van der Waals surface area contributed by atoms with Crippen molar-refractivity contribution in [2.24, 2.45) is 0 Å². The second-order valence-corrected chi connectivity index (χ2v) is 6.01. The van der Waals surface area contributed by atoms with Crippen LogP contribution in [0.25, 0.3) is 21.5 Å². The average Bonchev–Trinajstić information content (AvgIpc) is 2.65. The zero-order chi connectivity index (χ0) is 16.2. The van der Waals surface area contributed by atoms with E-state index in [0.717, 1.165) is 13.1 Å². The largest absolute Gasteiger partial charge is 0.201 e. The molecule has 0 aliphatic rings. The van der Waals surface area contributed by atoms with E-state index < -0.39 is 0 Å². The molecule has 0 saturated carbocycles. The fourth-order valence-electron chi connectivity index (χ4n) is 2.98. The molecule has 0 radical (unpaired) electrons. The fourth-order valence-corrected chi connectivity index (χ4v) is 2.98. The summed E-state index contributed by atoms with van der Waals surface area (Å²) in [5.41, 5.74) is 0. The molecule has 0 N–H and O–H groups in total. The predicted molar refractivity (Wildman–Crippen MR) is 97.4 cm³/mol. The van der Waals surface area contributed by atoms with Crippen LogP contribution in [-0.4, -0.2) is 0 Å². The lowest BCUT2D eigenvalue weighted by molar-refractivity contribution is -0.689. The molecule has 0 atom stereocenters. The molecule has 0 spiro atoms. The van der Waals surface area contributed by atoms with Crippen LogP contribution in [0.15, 0.2) is 97.6 Å². The van der Waals surface area contributed by atoms with Crippen LogP contribution in [0.3, 0.4) is 0 Å². The molecule has 0 saturated heterocycles. The van der Waals surface area contributed by atoms with E-state index in [1.807, 2.05) is 0 Å². The Bertz CT molecular complexity index is 935. The zero-order valence-corrected chi connectivity index (χ0v) is 13.5. The van der Waals surface area contributed by atoms with Gasteiger partial charge in [-0.1, -0.05) is 36.4 Å². The number of nitrogens with zero attached hydrogens (tertiary/aromatic N) is 2. The highest BCUT2D eigenvalue weighted by Gasteiger charge is 2.02. The van der Waals surface area contributed by atoms with Crippen LogP contribution in [0.2, 0.25) is 0 Å². The van der Waals surface area contributed by atoms with Gasteiger partial charge in [-0.25, -0.2) is 9.13 Å². The van der Waals surface area contributed by atoms with Gasteiger partial charge in [-0.3, -0.25) is 0 Å². The summed E-state index contributed by atoms with van der Waals surface area (Å²) >= 11 is 0. The quantitative estimate of drug-likeness (QED) is 0.400. The SMILES string of the molecule is C(=C\C[n+]1ccc2ccccc2c1)/C[n+]1ccc2ccccc2c1. The maximum atomic E-state index is 2.22. The second-order valence-electron chi connectivity index (χ2n) is 6.01. The first-order valence-electron chi connectivity index (χ1n) is 8.29. The molecular weight excluding hydrogens is 292 g/mol. The average molecular weight is 312 g/mol. The molecule has 2 heterocycles. The van der Waals surface area contributed by atoms with Crippen molar-refractivity contribution in [3.8, 4) is 0 Å². The summed E-state index contributed by atoms with van der Waals surface area (Å²) in [6.07, 6.45) is 13.1. The Morgan fingerprint density at radius 2 is 0.958 bits per heavy atom. The van der Waals surface area contributed by atoms with Crippen molar-refractivity contribution >= 4 is 21.5 Å². The van der Waals surface area contributed by atoms with Crippen molar-refractivity contribution in [3.05, 3.63) is 97.6 Å². The molecule has 2 heteroatoms. The van der Waals surface area contributed by atoms with Crippen LogP contribution < -0.4 is 9.13 Å². The molecule has 0 unspecified atom stereocenters. The molecular formula is C22H20N2+2. The summed E-state index contributed by atoms with van der Waals surface area (Å²) in [5, 5.41) is 5.11. The van der Waals surface area contributed by atoms with Crippen LogP contribution >= 0.6 is 0 Å².